The lowest BCUT2D eigenvalue weighted by Crippen LogP contribution is -2.52. The monoisotopic (exact) mass is 410 g/mol. The molecule has 0 saturated carbocycles. The summed E-state index contributed by atoms with van der Waals surface area (Å²) in [5.41, 5.74) is 0. The number of hydrogen-bond acceptors (Lipinski definition) is 3. The predicted molar refractivity (Wildman–Crippen MR) is 95.4 cm³/mol. The number of ether oxygens (including phenoxy) is 2. The molecule has 0 unspecified atom stereocenters. The summed E-state index contributed by atoms with van der Waals surface area (Å²) in [4.78, 5) is 0. The summed E-state index contributed by atoms with van der Waals surface area (Å²) in [6, 6.07) is 0. The molecule has 1 aliphatic rings. The van der Waals surface area contributed by atoms with E-state index in [0.717, 1.165) is 12.8 Å². The van der Waals surface area contributed by atoms with Gasteiger partial charge < -0.3 is 14.6 Å². The SMILES string of the molecule is C/C(I)=C\[C@@H](C)CC[C@H]1OC(C)(C)O[C@H]([C@@H](C)CO)[C@H]1C. The summed E-state index contributed by atoms with van der Waals surface area (Å²) in [7, 11) is 0. The molecule has 1 fully saturated rings. The highest BCUT2D eigenvalue weighted by Crippen LogP contribution is 2.36. The number of allylic oxidation sites excluding steroid dienone is 2. The molecule has 0 amide bonds. The van der Waals surface area contributed by atoms with Crippen molar-refractivity contribution in [1.82, 2.24) is 0 Å². The highest BCUT2D eigenvalue weighted by molar-refractivity contribution is 14.1. The quantitative estimate of drug-likeness (QED) is 0.655. The van der Waals surface area contributed by atoms with Gasteiger partial charge in [0.1, 0.15) is 0 Å². The summed E-state index contributed by atoms with van der Waals surface area (Å²) in [5, 5.41) is 9.45. The van der Waals surface area contributed by atoms with Crippen LogP contribution in [0.25, 0.3) is 0 Å². The molecular weight excluding hydrogens is 379 g/mol. The van der Waals surface area contributed by atoms with E-state index in [2.05, 4.69) is 49.4 Å². The van der Waals surface area contributed by atoms with E-state index in [9.17, 15) is 5.11 Å². The third-order valence-electron chi connectivity index (χ3n) is 4.23. The van der Waals surface area contributed by atoms with Crippen LogP contribution in [-0.2, 0) is 9.47 Å². The standard InChI is InChI=1S/C17H31IO3/c1-11(9-13(3)18)7-8-15-14(4)16(12(2)10-19)21-17(5,6)20-15/h9,11-12,14-16,19H,7-8,10H2,1-6H3/b13-9+/t11-,12-,14-,15+,16+/m0/s1. The number of aliphatic hydroxyl groups excluding tert-OH is 1. The van der Waals surface area contributed by atoms with Crippen molar-refractivity contribution in [2.75, 3.05) is 6.61 Å². The number of rotatable bonds is 6. The van der Waals surface area contributed by atoms with Crippen molar-refractivity contribution in [3.8, 4) is 0 Å². The Morgan fingerprint density at radius 3 is 2.48 bits per heavy atom. The zero-order valence-electron chi connectivity index (χ0n) is 14.2. The van der Waals surface area contributed by atoms with Gasteiger partial charge in [-0.1, -0.05) is 26.8 Å². The van der Waals surface area contributed by atoms with E-state index in [1.54, 1.807) is 0 Å². The normalized spacial score (nSPS) is 32.8. The summed E-state index contributed by atoms with van der Waals surface area (Å²) in [6.07, 6.45) is 4.71. The minimum atomic E-state index is -0.566. The van der Waals surface area contributed by atoms with Gasteiger partial charge in [-0.25, -0.2) is 0 Å². The fourth-order valence-electron chi connectivity index (χ4n) is 3.11. The van der Waals surface area contributed by atoms with Gasteiger partial charge in [-0.05, 0) is 65.7 Å². The molecule has 4 heteroatoms. The first-order chi connectivity index (χ1) is 9.66. The van der Waals surface area contributed by atoms with Gasteiger partial charge in [-0.3, -0.25) is 0 Å². The van der Waals surface area contributed by atoms with E-state index in [-0.39, 0.29) is 24.7 Å². The Balaban J connectivity index is 2.69. The number of hydrogen-bond donors (Lipinski definition) is 1. The maximum absolute atomic E-state index is 9.45. The molecule has 0 aromatic heterocycles. The van der Waals surface area contributed by atoms with Crippen LogP contribution >= 0.6 is 22.6 Å². The summed E-state index contributed by atoms with van der Waals surface area (Å²) < 4.78 is 13.5. The van der Waals surface area contributed by atoms with E-state index in [0.29, 0.717) is 11.8 Å². The van der Waals surface area contributed by atoms with Gasteiger partial charge in [0.05, 0.1) is 12.2 Å². The van der Waals surface area contributed by atoms with Gasteiger partial charge in [0.15, 0.2) is 5.79 Å². The fraction of sp³-hybridized carbons (Fsp3) is 0.882. The Kier molecular flexibility index (Phi) is 7.64. The molecule has 21 heavy (non-hydrogen) atoms. The van der Waals surface area contributed by atoms with Crippen LogP contribution in [0, 0.1) is 17.8 Å². The molecule has 124 valence electrons. The van der Waals surface area contributed by atoms with Crippen LogP contribution in [0.4, 0.5) is 0 Å². The molecule has 3 nitrogen and oxygen atoms in total. The van der Waals surface area contributed by atoms with Crippen molar-refractivity contribution >= 4 is 22.6 Å². The largest absolute Gasteiger partial charge is 0.396 e. The molecular formula is C17H31IO3. The second kappa shape index (κ2) is 8.27. The van der Waals surface area contributed by atoms with Crippen LogP contribution in [0.5, 0.6) is 0 Å². The van der Waals surface area contributed by atoms with Crippen molar-refractivity contribution < 1.29 is 14.6 Å². The Hall–Kier alpha value is 0.350. The fourth-order valence-corrected chi connectivity index (χ4v) is 3.72. The highest BCUT2D eigenvalue weighted by atomic mass is 127. The molecule has 0 aromatic rings. The van der Waals surface area contributed by atoms with E-state index in [1.807, 2.05) is 20.8 Å². The second-order valence-corrected chi connectivity index (χ2v) is 8.67. The molecule has 1 N–H and O–H groups in total. The first kappa shape index (κ1) is 19.4. The third-order valence-corrected chi connectivity index (χ3v) is 4.59. The predicted octanol–water partition coefficient (Wildman–Crippen LogP) is 4.53. The minimum absolute atomic E-state index is 0.0564. The molecule has 1 aliphatic heterocycles. The Morgan fingerprint density at radius 2 is 1.95 bits per heavy atom. The second-order valence-electron chi connectivity index (χ2n) is 6.97. The van der Waals surface area contributed by atoms with Crippen LogP contribution in [-0.4, -0.2) is 29.7 Å². The summed E-state index contributed by atoms with van der Waals surface area (Å²) >= 11 is 2.36. The van der Waals surface area contributed by atoms with Crippen molar-refractivity contribution in [3.63, 3.8) is 0 Å². The Labute approximate surface area is 143 Å². The maximum Gasteiger partial charge on any atom is 0.163 e. The lowest BCUT2D eigenvalue weighted by atomic mass is 9.85. The van der Waals surface area contributed by atoms with Gasteiger partial charge in [0.2, 0.25) is 0 Å². The molecule has 0 bridgehead atoms. The molecule has 1 rings (SSSR count). The molecule has 1 saturated heterocycles. The average Bonchev–Trinajstić information content (AvgIpc) is 2.37. The molecule has 5 atom stereocenters. The van der Waals surface area contributed by atoms with Crippen LogP contribution in [0.2, 0.25) is 0 Å². The number of halogens is 1. The van der Waals surface area contributed by atoms with Crippen LogP contribution in [0.1, 0.15) is 54.4 Å². The topological polar surface area (TPSA) is 38.7 Å². The summed E-state index contributed by atoms with van der Waals surface area (Å²) in [5.74, 6) is 0.442. The van der Waals surface area contributed by atoms with E-state index in [4.69, 9.17) is 9.47 Å². The third kappa shape index (κ3) is 6.16. The van der Waals surface area contributed by atoms with Crippen molar-refractivity contribution in [3.05, 3.63) is 9.66 Å². The van der Waals surface area contributed by atoms with Crippen LogP contribution in [0.15, 0.2) is 9.66 Å². The van der Waals surface area contributed by atoms with Crippen molar-refractivity contribution in [2.45, 2.75) is 72.4 Å². The van der Waals surface area contributed by atoms with Gasteiger partial charge in [0, 0.05) is 18.4 Å². The first-order valence-electron chi connectivity index (χ1n) is 7.96. The van der Waals surface area contributed by atoms with Gasteiger partial charge >= 0.3 is 0 Å². The minimum Gasteiger partial charge on any atom is -0.396 e. The van der Waals surface area contributed by atoms with Crippen LogP contribution in [0.3, 0.4) is 0 Å². The van der Waals surface area contributed by atoms with Gasteiger partial charge in [-0.2, -0.15) is 0 Å². The lowest BCUT2D eigenvalue weighted by Gasteiger charge is -2.47. The Morgan fingerprint density at radius 1 is 1.33 bits per heavy atom. The van der Waals surface area contributed by atoms with E-state index >= 15 is 0 Å². The first-order valence-corrected chi connectivity index (χ1v) is 9.04. The van der Waals surface area contributed by atoms with Crippen molar-refractivity contribution in [2.24, 2.45) is 17.8 Å². The molecule has 0 radical (unpaired) electrons. The maximum atomic E-state index is 9.45. The zero-order valence-corrected chi connectivity index (χ0v) is 16.4. The van der Waals surface area contributed by atoms with Crippen LogP contribution < -0.4 is 0 Å². The number of aliphatic hydroxyl groups is 1. The van der Waals surface area contributed by atoms with Crippen molar-refractivity contribution in [1.29, 1.82) is 0 Å². The van der Waals surface area contributed by atoms with E-state index in [1.165, 1.54) is 3.58 Å². The van der Waals surface area contributed by atoms with Gasteiger partial charge in [0.25, 0.3) is 0 Å². The molecule has 0 aromatic carbocycles. The zero-order chi connectivity index (χ0) is 16.2. The Bertz CT molecular complexity index is 350. The highest BCUT2D eigenvalue weighted by Gasteiger charge is 2.42. The molecule has 0 spiro atoms. The summed E-state index contributed by atoms with van der Waals surface area (Å²) in [6.45, 7) is 12.7. The lowest BCUT2D eigenvalue weighted by molar-refractivity contribution is -0.328. The average molecular weight is 410 g/mol. The molecule has 0 aliphatic carbocycles. The van der Waals surface area contributed by atoms with E-state index < -0.39 is 5.79 Å². The smallest absolute Gasteiger partial charge is 0.163 e. The van der Waals surface area contributed by atoms with Gasteiger partial charge in [-0.15, -0.1) is 0 Å². The molecule has 1 heterocycles.